The predicted octanol–water partition coefficient (Wildman–Crippen LogP) is 3.57. The fourth-order valence-corrected chi connectivity index (χ4v) is 2.99. The topological polar surface area (TPSA) is 15.3 Å². The van der Waals surface area contributed by atoms with Gasteiger partial charge in [-0.2, -0.15) is 0 Å². The van der Waals surface area contributed by atoms with Crippen LogP contribution in [0, 0.1) is 0 Å². The number of anilines is 2. The molecule has 88 valence electrons. The van der Waals surface area contributed by atoms with Crippen LogP contribution in [-0.2, 0) is 6.54 Å². The van der Waals surface area contributed by atoms with Gasteiger partial charge in [0.1, 0.15) is 0 Å². The van der Waals surface area contributed by atoms with Crippen LogP contribution in [0.3, 0.4) is 0 Å². The fraction of sp³-hybridized carbons (Fsp3) is 0.286. The zero-order valence-electron chi connectivity index (χ0n) is 9.89. The highest BCUT2D eigenvalue weighted by molar-refractivity contribution is 7.09. The third kappa shape index (κ3) is 2.03. The van der Waals surface area contributed by atoms with Gasteiger partial charge in [0.05, 0.1) is 17.9 Å². The molecule has 0 aliphatic carbocycles. The standard InChI is InChI=1S/C14H16N2S/c1-11-9-15-13-6-2-3-7-14(13)16(11)10-12-5-4-8-17-12/h2-8,11,15H,9-10H2,1H3. The number of nitrogens with zero attached hydrogens (tertiary/aromatic N) is 1. The van der Waals surface area contributed by atoms with E-state index in [1.165, 1.54) is 16.3 Å². The molecule has 1 aliphatic rings. The zero-order valence-corrected chi connectivity index (χ0v) is 10.7. The van der Waals surface area contributed by atoms with Crippen molar-refractivity contribution in [2.75, 3.05) is 16.8 Å². The minimum atomic E-state index is 0.534. The van der Waals surface area contributed by atoms with Gasteiger partial charge in [-0.1, -0.05) is 18.2 Å². The summed E-state index contributed by atoms with van der Waals surface area (Å²) < 4.78 is 0. The summed E-state index contributed by atoms with van der Waals surface area (Å²) in [6.45, 7) is 4.30. The first kappa shape index (κ1) is 10.7. The second-order valence-electron chi connectivity index (χ2n) is 4.45. The minimum absolute atomic E-state index is 0.534. The van der Waals surface area contributed by atoms with Gasteiger partial charge in [-0.25, -0.2) is 0 Å². The Morgan fingerprint density at radius 3 is 3.00 bits per heavy atom. The summed E-state index contributed by atoms with van der Waals surface area (Å²) in [7, 11) is 0. The molecule has 0 radical (unpaired) electrons. The molecule has 0 bridgehead atoms. The summed E-state index contributed by atoms with van der Waals surface area (Å²) in [5.74, 6) is 0. The highest BCUT2D eigenvalue weighted by atomic mass is 32.1. The normalized spacial score (nSPS) is 18.6. The Bertz CT molecular complexity index is 493. The number of nitrogens with one attached hydrogen (secondary N) is 1. The lowest BCUT2D eigenvalue weighted by molar-refractivity contribution is 0.645. The molecule has 17 heavy (non-hydrogen) atoms. The summed E-state index contributed by atoms with van der Waals surface area (Å²) >= 11 is 1.83. The van der Waals surface area contributed by atoms with E-state index in [2.05, 4.69) is 58.9 Å². The molecular formula is C14H16N2S. The van der Waals surface area contributed by atoms with Crippen LogP contribution in [0.15, 0.2) is 41.8 Å². The lowest BCUT2D eigenvalue weighted by Crippen LogP contribution is -2.41. The van der Waals surface area contributed by atoms with Crippen LogP contribution in [0.1, 0.15) is 11.8 Å². The number of thiophene rings is 1. The quantitative estimate of drug-likeness (QED) is 0.869. The minimum Gasteiger partial charge on any atom is -0.381 e. The summed E-state index contributed by atoms with van der Waals surface area (Å²) in [6, 6.07) is 13.4. The van der Waals surface area contributed by atoms with Crippen LogP contribution >= 0.6 is 11.3 Å². The lowest BCUT2D eigenvalue weighted by atomic mass is 10.1. The highest BCUT2D eigenvalue weighted by Gasteiger charge is 2.22. The van der Waals surface area contributed by atoms with Crippen molar-refractivity contribution in [1.29, 1.82) is 0 Å². The second kappa shape index (κ2) is 4.41. The molecule has 0 saturated heterocycles. The summed E-state index contributed by atoms with van der Waals surface area (Å²) in [5, 5.41) is 5.63. The van der Waals surface area contributed by atoms with Crippen LogP contribution in [0.4, 0.5) is 11.4 Å². The molecule has 1 atom stereocenters. The van der Waals surface area contributed by atoms with E-state index < -0.39 is 0 Å². The van der Waals surface area contributed by atoms with Gasteiger partial charge >= 0.3 is 0 Å². The van der Waals surface area contributed by atoms with Gasteiger partial charge in [-0.15, -0.1) is 11.3 Å². The molecule has 1 N–H and O–H groups in total. The van der Waals surface area contributed by atoms with Gasteiger partial charge in [0.2, 0.25) is 0 Å². The van der Waals surface area contributed by atoms with Crippen molar-refractivity contribution in [3.8, 4) is 0 Å². The van der Waals surface area contributed by atoms with Gasteiger partial charge in [0, 0.05) is 17.5 Å². The van der Waals surface area contributed by atoms with Crippen molar-refractivity contribution in [2.45, 2.75) is 19.5 Å². The second-order valence-corrected chi connectivity index (χ2v) is 5.49. The maximum absolute atomic E-state index is 3.48. The molecular weight excluding hydrogens is 228 g/mol. The van der Waals surface area contributed by atoms with Gasteiger partial charge in [-0.3, -0.25) is 0 Å². The van der Waals surface area contributed by atoms with E-state index in [1.54, 1.807) is 0 Å². The molecule has 0 saturated carbocycles. The number of hydrogen-bond donors (Lipinski definition) is 1. The maximum atomic E-state index is 3.48. The van der Waals surface area contributed by atoms with E-state index in [1.807, 2.05) is 11.3 Å². The Labute approximate surface area is 106 Å². The van der Waals surface area contributed by atoms with Gasteiger partial charge < -0.3 is 10.2 Å². The molecule has 1 aromatic heterocycles. The number of benzene rings is 1. The first-order chi connectivity index (χ1) is 8.34. The van der Waals surface area contributed by atoms with Crippen molar-refractivity contribution in [2.24, 2.45) is 0 Å². The number of hydrogen-bond acceptors (Lipinski definition) is 3. The number of rotatable bonds is 2. The molecule has 2 nitrogen and oxygen atoms in total. The molecule has 1 aromatic carbocycles. The Balaban J connectivity index is 1.92. The molecule has 2 heterocycles. The monoisotopic (exact) mass is 244 g/mol. The fourth-order valence-electron chi connectivity index (χ4n) is 2.29. The summed E-state index contributed by atoms with van der Waals surface area (Å²) in [4.78, 5) is 3.91. The molecule has 0 spiro atoms. The maximum Gasteiger partial charge on any atom is 0.0608 e. The average molecular weight is 244 g/mol. The molecule has 0 fully saturated rings. The molecule has 1 aliphatic heterocycles. The average Bonchev–Trinajstić information content (AvgIpc) is 2.86. The SMILES string of the molecule is CC1CNc2ccccc2N1Cc1cccs1. The van der Waals surface area contributed by atoms with Gasteiger partial charge in [-0.05, 0) is 30.5 Å². The van der Waals surface area contributed by atoms with E-state index in [0.29, 0.717) is 6.04 Å². The van der Waals surface area contributed by atoms with Crippen molar-refractivity contribution in [3.05, 3.63) is 46.7 Å². The first-order valence-corrected chi connectivity index (χ1v) is 6.84. The Morgan fingerprint density at radius 1 is 1.29 bits per heavy atom. The van der Waals surface area contributed by atoms with Crippen LogP contribution in [0.2, 0.25) is 0 Å². The van der Waals surface area contributed by atoms with Crippen molar-refractivity contribution < 1.29 is 0 Å². The van der Waals surface area contributed by atoms with E-state index in [9.17, 15) is 0 Å². The molecule has 0 amide bonds. The largest absolute Gasteiger partial charge is 0.381 e. The van der Waals surface area contributed by atoms with E-state index >= 15 is 0 Å². The first-order valence-electron chi connectivity index (χ1n) is 5.96. The zero-order chi connectivity index (χ0) is 11.7. The van der Waals surface area contributed by atoms with Crippen LogP contribution in [0.5, 0.6) is 0 Å². The molecule has 2 aromatic rings. The Morgan fingerprint density at radius 2 is 2.18 bits per heavy atom. The summed E-state index contributed by atoms with van der Waals surface area (Å²) in [5.41, 5.74) is 2.57. The third-order valence-corrected chi connectivity index (χ3v) is 4.10. The van der Waals surface area contributed by atoms with E-state index in [4.69, 9.17) is 0 Å². The van der Waals surface area contributed by atoms with Crippen molar-refractivity contribution in [1.82, 2.24) is 0 Å². The van der Waals surface area contributed by atoms with Gasteiger partial charge in [0.15, 0.2) is 0 Å². The van der Waals surface area contributed by atoms with Crippen LogP contribution in [0.25, 0.3) is 0 Å². The van der Waals surface area contributed by atoms with Crippen molar-refractivity contribution >= 4 is 22.7 Å². The highest BCUT2D eigenvalue weighted by Crippen LogP contribution is 2.32. The lowest BCUT2D eigenvalue weighted by Gasteiger charge is -2.37. The van der Waals surface area contributed by atoms with E-state index in [-0.39, 0.29) is 0 Å². The molecule has 1 unspecified atom stereocenters. The number of fused-ring (bicyclic) bond motifs is 1. The van der Waals surface area contributed by atoms with Crippen molar-refractivity contribution in [3.63, 3.8) is 0 Å². The Kier molecular flexibility index (Phi) is 2.77. The van der Waals surface area contributed by atoms with Gasteiger partial charge in [0.25, 0.3) is 0 Å². The molecule has 3 rings (SSSR count). The Hall–Kier alpha value is -1.48. The predicted molar refractivity (Wildman–Crippen MR) is 74.9 cm³/mol. The van der Waals surface area contributed by atoms with E-state index in [0.717, 1.165) is 13.1 Å². The summed E-state index contributed by atoms with van der Waals surface area (Å²) in [6.07, 6.45) is 0. The smallest absolute Gasteiger partial charge is 0.0608 e. The van der Waals surface area contributed by atoms with Crippen LogP contribution < -0.4 is 10.2 Å². The molecule has 3 heteroatoms. The van der Waals surface area contributed by atoms with Crippen LogP contribution in [-0.4, -0.2) is 12.6 Å². The number of para-hydroxylation sites is 2. The third-order valence-electron chi connectivity index (χ3n) is 3.24.